The van der Waals surface area contributed by atoms with Crippen LogP contribution in [-0.2, 0) is 19.1 Å². The molecule has 0 spiro atoms. The topological polar surface area (TPSA) is 81.7 Å². The van der Waals surface area contributed by atoms with E-state index in [1.165, 1.54) is 0 Å². The van der Waals surface area contributed by atoms with Crippen molar-refractivity contribution in [3.05, 3.63) is 0 Å². The average molecular weight is 325 g/mol. The molecule has 6 nitrogen and oxygen atoms in total. The summed E-state index contributed by atoms with van der Waals surface area (Å²) in [5.41, 5.74) is -1.58. The predicted octanol–water partition coefficient (Wildman–Crippen LogP) is 1.49. The van der Waals surface area contributed by atoms with E-state index < -0.39 is 33.4 Å². The lowest BCUT2D eigenvalue weighted by Gasteiger charge is -2.18. The minimum atomic E-state index is -2.03. The molecule has 1 rings (SSSR count). The summed E-state index contributed by atoms with van der Waals surface area (Å²) in [6.45, 7) is 0. The number of ether oxygens (including phenoxy) is 2. The summed E-state index contributed by atoms with van der Waals surface area (Å²) in [7, 11) is 0. The summed E-state index contributed by atoms with van der Waals surface area (Å²) in [6.07, 6.45) is -2.85. The van der Waals surface area contributed by atoms with Crippen molar-refractivity contribution in [3.8, 4) is 0 Å². The fourth-order valence-electron chi connectivity index (χ4n) is 0.920. The molecule has 96 valence electrons. The molecule has 0 aromatic carbocycles. The van der Waals surface area contributed by atoms with Crippen LogP contribution in [0.1, 0.15) is 6.42 Å². The van der Waals surface area contributed by atoms with Gasteiger partial charge in [-0.25, -0.2) is 4.79 Å². The van der Waals surface area contributed by atoms with Gasteiger partial charge in [-0.3, -0.25) is 14.9 Å². The highest BCUT2D eigenvalue weighted by Gasteiger charge is 2.38. The number of rotatable bonds is 2. The number of carbonyl (C=O) groups is 3. The highest BCUT2D eigenvalue weighted by atomic mass is 35.6. The summed E-state index contributed by atoms with van der Waals surface area (Å²) in [4.78, 5) is 32.9. The maximum Gasteiger partial charge on any atom is 0.510 e. The van der Waals surface area contributed by atoms with Crippen molar-refractivity contribution in [1.29, 1.82) is 0 Å². The molecule has 1 fully saturated rings. The summed E-state index contributed by atoms with van der Waals surface area (Å²) in [5, 5.41) is 1.93. The molecule has 1 saturated heterocycles. The molecule has 2 atom stereocenters. The van der Waals surface area contributed by atoms with Crippen molar-refractivity contribution in [2.24, 2.45) is 0 Å². The van der Waals surface area contributed by atoms with E-state index in [2.05, 4.69) is 9.47 Å². The Morgan fingerprint density at radius 3 is 2.41 bits per heavy atom. The fourth-order valence-corrected chi connectivity index (χ4v) is 1.13. The third kappa shape index (κ3) is 4.39. The van der Waals surface area contributed by atoms with Crippen LogP contribution in [0.15, 0.2) is 0 Å². The van der Waals surface area contributed by atoms with Gasteiger partial charge >= 0.3 is 6.16 Å². The zero-order valence-electron chi connectivity index (χ0n) is 7.91. The van der Waals surface area contributed by atoms with Crippen LogP contribution in [-0.4, -0.2) is 33.4 Å². The van der Waals surface area contributed by atoms with Crippen LogP contribution in [0, 0.1) is 0 Å². The molecule has 1 heterocycles. The second-order valence-corrected chi connectivity index (χ2v) is 5.71. The number of amides is 2. The lowest BCUT2D eigenvalue weighted by atomic mass is 10.3. The van der Waals surface area contributed by atoms with Crippen molar-refractivity contribution in [1.82, 2.24) is 5.32 Å². The Morgan fingerprint density at radius 1 is 1.41 bits per heavy atom. The van der Waals surface area contributed by atoms with Crippen LogP contribution in [0.3, 0.4) is 0 Å². The van der Waals surface area contributed by atoms with Crippen molar-refractivity contribution in [2.45, 2.75) is 21.9 Å². The lowest BCUT2D eigenvalue weighted by molar-refractivity contribution is -0.128. The van der Waals surface area contributed by atoms with Gasteiger partial charge in [-0.1, -0.05) is 46.4 Å². The first-order valence-electron chi connectivity index (χ1n) is 4.12. The largest absolute Gasteiger partial charge is 0.510 e. The van der Waals surface area contributed by atoms with E-state index in [0.717, 1.165) is 0 Å². The standard InChI is InChI=1S/C7H5Cl4NO5/c8-5(7(9,10)11)17-6(15)16-2-1-3(13)12-4(2)14/h2,5H,1H2,(H,12,13,14). The first kappa shape index (κ1) is 14.6. The summed E-state index contributed by atoms with van der Waals surface area (Å²) in [6, 6.07) is 0. The monoisotopic (exact) mass is 323 g/mol. The van der Waals surface area contributed by atoms with Crippen molar-refractivity contribution in [3.63, 3.8) is 0 Å². The number of hydrogen-bond donors (Lipinski definition) is 1. The Bertz CT molecular complexity index is 355. The molecule has 0 aromatic rings. The van der Waals surface area contributed by atoms with Crippen LogP contribution in [0.2, 0.25) is 0 Å². The van der Waals surface area contributed by atoms with E-state index in [4.69, 9.17) is 46.4 Å². The van der Waals surface area contributed by atoms with Crippen LogP contribution in [0.4, 0.5) is 4.79 Å². The van der Waals surface area contributed by atoms with E-state index in [9.17, 15) is 14.4 Å². The molecule has 1 N–H and O–H groups in total. The van der Waals surface area contributed by atoms with E-state index in [0.29, 0.717) is 0 Å². The Labute approximate surface area is 115 Å². The smallest absolute Gasteiger partial charge is 0.420 e. The second kappa shape index (κ2) is 5.48. The summed E-state index contributed by atoms with van der Waals surface area (Å²) >= 11 is 21.4. The van der Waals surface area contributed by atoms with E-state index in [1.807, 2.05) is 5.32 Å². The number of halogens is 4. The third-order valence-electron chi connectivity index (χ3n) is 1.62. The van der Waals surface area contributed by atoms with E-state index in [1.54, 1.807) is 0 Å². The van der Waals surface area contributed by atoms with Gasteiger partial charge < -0.3 is 9.47 Å². The van der Waals surface area contributed by atoms with Crippen LogP contribution in [0.5, 0.6) is 0 Å². The first-order valence-corrected chi connectivity index (χ1v) is 5.69. The first-order chi connectivity index (χ1) is 7.70. The molecule has 2 amide bonds. The Morgan fingerprint density at radius 2 is 2.00 bits per heavy atom. The Kier molecular flexibility index (Phi) is 4.71. The quantitative estimate of drug-likeness (QED) is 0.473. The normalized spacial score (nSPS) is 22.0. The van der Waals surface area contributed by atoms with Crippen molar-refractivity contribution < 1.29 is 23.9 Å². The molecular weight excluding hydrogens is 320 g/mol. The molecule has 0 aromatic heterocycles. The van der Waals surface area contributed by atoms with Gasteiger partial charge in [0.25, 0.3) is 5.91 Å². The number of alkyl halides is 4. The van der Waals surface area contributed by atoms with Crippen LogP contribution in [0.25, 0.3) is 0 Å². The summed E-state index contributed by atoms with van der Waals surface area (Å²) < 4.78 is 6.85. The third-order valence-corrected chi connectivity index (χ3v) is 2.97. The summed E-state index contributed by atoms with van der Waals surface area (Å²) in [5.74, 6) is -1.30. The molecular formula is C7H5Cl4NO5. The van der Waals surface area contributed by atoms with Gasteiger partial charge in [0.15, 0.2) is 6.10 Å². The van der Waals surface area contributed by atoms with E-state index in [-0.39, 0.29) is 6.42 Å². The highest BCUT2D eigenvalue weighted by Crippen LogP contribution is 2.34. The number of nitrogens with one attached hydrogen (secondary N) is 1. The van der Waals surface area contributed by atoms with Gasteiger partial charge in [0, 0.05) is 0 Å². The molecule has 0 aliphatic carbocycles. The highest BCUT2D eigenvalue weighted by molar-refractivity contribution is 6.70. The molecule has 1 aliphatic heterocycles. The fraction of sp³-hybridized carbons (Fsp3) is 0.571. The van der Waals surface area contributed by atoms with Gasteiger partial charge in [0.1, 0.15) is 0 Å². The maximum atomic E-state index is 11.1. The van der Waals surface area contributed by atoms with Gasteiger partial charge in [-0.05, 0) is 0 Å². The van der Waals surface area contributed by atoms with Crippen molar-refractivity contribution in [2.75, 3.05) is 0 Å². The minimum absolute atomic E-state index is 0.283. The zero-order chi connectivity index (χ0) is 13.2. The zero-order valence-corrected chi connectivity index (χ0v) is 10.9. The molecule has 1 aliphatic rings. The van der Waals surface area contributed by atoms with E-state index >= 15 is 0 Å². The SMILES string of the molecule is O=C1CC(OC(=O)OC(Cl)C(Cl)(Cl)Cl)C(=O)N1. The van der Waals surface area contributed by atoms with Gasteiger partial charge in [0.2, 0.25) is 15.3 Å². The lowest BCUT2D eigenvalue weighted by Crippen LogP contribution is -2.32. The Hall–Kier alpha value is -0.430. The van der Waals surface area contributed by atoms with Gasteiger partial charge in [0.05, 0.1) is 6.42 Å². The maximum absolute atomic E-state index is 11.1. The number of imide groups is 1. The van der Waals surface area contributed by atoms with Gasteiger partial charge in [-0.15, -0.1) is 0 Å². The number of hydrogen-bond acceptors (Lipinski definition) is 5. The van der Waals surface area contributed by atoms with Crippen LogP contribution >= 0.6 is 46.4 Å². The molecule has 0 radical (unpaired) electrons. The predicted molar refractivity (Wildman–Crippen MR) is 59.1 cm³/mol. The average Bonchev–Trinajstić information content (AvgIpc) is 2.43. The minimum Gasteiger partial charge on any atom is -0.420 e. The second-order valence-electron chi connectivity index (χ2n) is 2.95. The van der Waals surface area contributed by atoms with Crippen LogP contribution < -0.4 is 5.32 Å². The molecule has 0 saturated carbocycles. The van der Waals surface area contributed by atoms with Gasteiger partial charge in [-0.2, -0.15) is 0 Å². The molecule has 0 bridgehead atoms. The Balaban J connectivity index is 2.45. The molecule has 2 unspecified atom stereocenters. The number of carbonyl (C=O) groups excluding carboxylic acids is 3. The van der Waals surface area contributed by atoms with Crippen molar-refractivity contribution >= 4 is 64.4 Å². The molecule has 10 heteroatoms. The molecule has 17 heavy (non-hydrogen) atoms.